The first-order valence-electron chi connectivity index (χ1n) is 6.12. The molecule has 0 bridgehead atoms. The van der Waals surface area contributed by atoms with E-state index in [0.717, 1.165) is 30.1 Å². The van der Waals surface area contributed by atoms with Crippen molar-refractivity contribution in [1.82, 2.24) is 14.8 Å². The molecule has 4 nitrogen and oxygen atoms in total. The van der Waals surface area contributed by atoms with Gasteiger partial charge in [0.15, 0.2) is 0 Å². The standard InChI is InChI=1S/C13H18N4S/c1-2-7-17-13(15-10-16-17)9-18-12-5-3-11(8-14)4-6-12/h3-6,10H,2,7-9,14H2,1H3. The van der Waals surface area contributed by atoms with Crippen LogP contribution in [-0.2, 0) is 18.8 Å². The van der Waals surface area contributed by atoms with Gasteiger partial charge in [-0.3, -0.25) is 0 Å². The van der Waals surface area contributed by atoms with Crippen LogP contribution in [0.2, 0.25) is 0 Å². The molecule has 0 aliphatic carbocycles. The third-order valence-corrected chi connectivity index (χ3v) is 3.67. The lowest BCUT2D eigenvalue weighted by atomic mass is 10.2. The summed E-state index contributed by atoms with van der Waals surface area (Å²) < 4.78 is 1.97. The fraction of sp³-hybridized carbons (Fsp3) is 0.385. The second-order valence-electron chi connectivity index (χ2n) is 4.04. The van der Waals surface area contributed by atoms with E-state index < -0.39 is 0 Å². The lowest BCUT2D eigenvalue weighted by Gasteiger charge is -2.05. The third-order valence-electron chi connectivity index (χ3n) is 2.66. The fourth-order valence-electron chi connectivity index (χ4n) is 1.67. The van der Waals surface area contributed by atoms with Gasteiger partial charge in [-0.05, 0) is 24.1 Å². The van der Waals surface area contributed by atoms with Gasteiger partial charge in [0.05, 0.1) is 5.75 Å². The monoisotopic (exact) mass is 262 g/mol. The van der Waals surface area contributed by atoms with Crippen LogP contribution in [0.5, 0.6) is 0 Å². The van der Waals surface area contributed by atoms with Gasteiger partial charge in [0.1, 0.15) is 12.2 Å². The number of thioether (sulfide) groups is 1. The van der Waals surface area contributed by atoms with E-state index in [1.807, 2.05) is 4.68 Å². The highest BCUT2D eigenvalue weighted by atomic mass is 32.2. The van der Waals surface area contributed by atoms with Crippen molar-refractivity contribution in [3.05, 3.63) is 42.0 Å². The Kier molecular flexibility index (Phi) is 4.78. The Morgan fingerprint density at radius 2 is 2.06 bits per heavy atom. The Balaban J connectivity index is 1.95. The van der Waals surface area contributed by atoms with E-state index in [1.54, 1.807) is 18.1 Å². The van der Waals surface area contributed by atoms with Crippen LogP contribution in [0.15, 0.2) is 35.5 Å². The summed E-state index contributed by atoms with van der Waals surface area (Å²) in [6.07, 6.45) is 2.70. The lowest BCUT2D eigenvalue weighted by molar-refractivity contribution is 0.581. The average molecular weight is 262 g/mol. The molecule has 0 unspecified atom stereocenters. The average Bonchev–Trinajstić information content (AvgIpc) is 2.85. The van der Waals surface area contributed by atoms with E-state index in [9.17, 15) is 0 Å². The van der Waals surface area contributed by atoms with Crippen LogP contribution in [0.3, 0.4) is 0 Å². The van der Waals surface area contributed by atoms with E-state index in [0.29, 0.717) is 6.54 Å². The molecule has 0 amide bonds. The van der Waals surface area contributed by atoms with Gasteiger partial charge in [-0.2, -0.15) is 5.10 Å². The molecule has 5 heteroatoms. The molecule has 2 aromatic rings. The second kappa shape index (κ2) is 6.56. The summed E-state index contributed by atoms with van der Waals surface area (Å²) in [6.45, 7) is 3.67. The number of hydrogen-bond donors (Lipinski definition) is 1. The van der Waals surface area contributed by atoms with E-state index in [2.05, 4.69) is 41.3 Å². The summed E-state index contributed by atoms with van der Waals surface area (Å²) in [7, 11) is 0. The van der Waals surface area contributed by atoms with Crippen molar-refractivity contribution in [3.63, 3.8) is 0 Å². The Hall–Kier alpha value is -1.33. The van der Waals surface area contributed by atoms with Gasteiger partial charge < -0.3 is 5.73 Å². The number of benzene rings is 1. The quantitative estimate of drug-likeness (QED) is 0.812. The Bertz CT molecular complexity index is 478. The zero-order valence-corrected chi connectivity index (χ0v) is 11.4. The van der Waals surface area contributed by atoms with E-state index in [4.69, 9.17) is 5.73 Å². The molecule has 1 aromatic carbocycles. The maximum absolute atomic E-state index is 5.58. The summed E-state index contributed by atoms with van der Waals surface area (Å²) in [6, 6.07) is 8.35. The molecular formula is C13H18N4S. The number of hydrogen-bond acceptors (Lipinski definition) is 4. The van der Waals surface area contributed by atoms with Gasteiger partial charge in [-0.25, -0.2) is 9.67 Å². The zero-order chi connectivity index (χ0) is 12.8. The number of rotatable bonds is 6. The number of aryl methyl sites for hydroxylation is 1. The molecule has 2 N–H and O–H groups in total. The van der Waals surface area contributed by atoms with Crippen molar-refractivity contribution in [1.29, 1.82) is 0 Å². The molecule has 96 valence electrons. The van der Waals surface area contributed by atoms with E-state index >= 15 is 0 Å². The molecule has 0 atom stereocenters. The Morgan fingerprint density at radius 3 is 2.72 bits per heavy atom. The zero-order valence-electron chi connectivity index (χ0n) is 10.5. The van der Waals surface area contributed by atoms with Crippen molar-refractivity contribution in [2.45, 2.75) is 37.1 Å². The molecule has 1 aromatic heterocycles. The highest BCUT2D eigenvalue weighted by Gasteiger charge is 2.04. The largest absolute Gasteiger partial charge is 0.326 e. The first kappa shape index (κ1) is 13.1. The summed E-state index contributed by atoms with van der Waals surface area (Å²) in [4.78, 5) is 5.53. The maximum atomic E-state index is 5.58. The van der Waals surface area contributed by atoms with Gasteiger partial charge in [0.2, 0.25) is 0 Å². The van der Waals surface area contributed by atoms with Crippen molar-refractivity contribution in [2.75, 3.05) is 0 Å². The molecule has 18 heavy (non-hydrogen) atoms. The van der Waals surface area contributed by atoms with Crippen LogP contribution < -0.4 is 5.73 Å². The molecule has 1 heterocycles. The van der Waals surface area contributed by atoms with E-state index in [-0.39, 0.29) is 0 Å². The lowest BCUT2D eigenvalue weighted by Crippen LogP contribution is -2.04. The van der Waals surface area contributed by atoms with E-state index in [1.165, 1.54) is 4.90 Å². The number of nitrogens with zero attached hydrogens (tertiary/aromatic N) is 3. The van der Waals surface area contributed by atoms with Crippen LogP contribution in [0, 0.1) is 0 Å². The molecule has 0 saturated heterocycles. The SMILES string of the molecule is CCCn1ncnc1CSc1ccc(CN)cc1. The minimum atomic E-state index is 0.593. The van der Waals surface area contributed by atoms with Crippen LogP contribution >= 0.6 is 11.8 Å². The predicted molar refractivity (Wildman–Crippen MR) is 74.2 cm³/mol. The molecule has 0 saturated carbocycles. The molecule has 0 spiro atoms. The molecule has 0 aliphatic rings. The highest BCUT2D eigenvalue weighted by Crippen LogP contribution is 2.22. The van der Waals surface area contributed by atoms with Crippen molar-refractivity contribution >= 4 is 11.8 Å². The van der Waals surface area contributed by atoms with Gasteiger partial charge in [0.25, 0.3) is 0 Å². The van der Waals surface area contributed by atoms with Crippen molar-refractivity contribution in [2.24, 2.45) is 5.73 Å². The van der Waals surface area contributed by atoms with Gasteiger partial charge >= 0.3 is 0 Å². The van der Waals surface area contributed by atoms with Crippen LogP contribution in [0.4, 0.5) is 0 Å². The van der Waals surface area contributed by atoms with Gasteiger partial charge in [-0.15, -0.1) is 11.8 Å². The number of aromatic nitrogens is 3. The molecular weight excluding hydrogens is 244 g/mol. The number of nitrogens with two attached hydrogens (primary N) is 1. The van der Waals surface area contributed by atoms with Crippen LogP contribution in [-0.4, -0.2) is 14.8 Å². The van der Waals surface area contributed by atoms with Gasteiger partial charge in [-0.1, -0.05) is 19.1 Å². The second-order valence-corrected chi connectivity index (χ2v) is 5.08. The summed E-state index contributed by atoms with van der Waals surface area (Å²) in [5.41, 5.74) is 6.74. The highest BCUT2D eigenvalue weighted by molar-refractivity contribution is 7.98. The molecule has 0 radical (unpaired) electrons. The third kappa shape index (κ3) is 3.34. The topological polar surface area (TPSA) is 56.7 Å². The maximum Gasteiger partial charge on any atom is 0.138 e. The Morgan fingerprint density at radius 1 is 1.28 bits per heavy atom. The minimum absolute atomic E-state index is 0.593. The summed E-state index contributed by atoms with van der Waals surface area (Å²) in [5, 5.41) is 4.22. The molecule has 2 rings (SSSR count). The first-order chi connectivity index (χ1) is 8.83. The molecule has 0 aliphatic heterocycles. The minimum Gasteiger partial charge on any atom is -0.326 e. The summed E-state index contributed by atoms with van der Waals surface area (Å²) in [5.74, 6) is 1.88. The summed E-state index contributed by atoms with van der Waals surface area (Å²) >= 11 is 1.77. The van der Waals surface area contributed by atoms with Crippen LogP contribution in [0.25, 0.3) is 0 Å². The fourth-order valence-corrected chi connectivity index (χ4v) is 2.52. The predicted octanol–water partition coefficient (Wildman–Crippen LogP) is 2.44. The first-order valence-corrected chi connectivity index (χ1v) is 7.10. The van der Waals surface area contributed by atoms with Crippen LogP contribution in [0.1, 0.15) is 24.7 Å². The normalized spacial score (nSPS) is 10.8. The smallest absolute Gasteiger partial charge is 0.138 e. The Labute approximate surface area is 112 Å². The van der Waals surface area contributed by atoms with Gasteiger partial charge in [0, 0.05) is 18.0 Å². The molecule has 0 fully saturated rings. The van der Waals surface area contributed by atoms with Crippen molar-refractivity contribution in [3.8, 4) is 0 Å². The van der Waals surface area contributed by atoms with Crippen molar-refractivity contribution < 1.29 is 0 Å².